The van der Waals surface area contributed by atoms with Crippen LogP contribution < -0.4 is 0 Å². The highest BCUT2D eigenvalue weighted by atomic mass is 32.2. The Bertz CT molecular complexity index is 604. The van der Waals surface area contributed by atoms with Gasteiger partial charge in [0.25, 0.3) is 0 Å². The van der Waals surface area contributed by atoms with Gasteiger partial charge in [-0.05, 0) is 39.2 Å². The van der Waals surface area contributed by atoms with Gasteiger partial charge in [-0.3, -0.25) is 0 Å². The summed E-state index contributed by atoms with van der Waals surface area (Å²) >= 11 is 0. The van der Waals surface area contributed by atoms with Crippen LogP contribution in [0.3, 0.4) is 0 Å². The number of nitrogens with zero attached hydrogens (tertiary/aromatic N) is 3. The van der Waals surface area contributed by atoms with Gasteiger partial charge >= 0.3 is 0 Å². The van der Waals surface area contributed by atoms with Crippen molar-refractivity contribution in [1.82, 2.24) is 14.3 Å². The predicted octanol–water partition coefficient (Wildman–Crippen LogP) is 2.16. The second kappa shape index (κ2) is 5.65. The van der Waals surface area contributed by atoms with Gasteiger partial charge in [0, 0.05) is 30.4 Å². The van der Waals surface area contributed by atoms with E-state index in [9.17, 15) is 8.42 Å². The van der Waals surface area contributed by atoms with E-state index < -0.39 is 10.0 Å². The first-order valence-electron chi connectivity index (χ1n) is 7.78. The summed E-state index contributed by atoms with van der Waals surface area (Å²) in [6.45, 7) is 5.07. The van der Waals surface area contributed by atoms with Gasteiger partial charge in [0.1, 0.15) is 5.82 Å². The van der Waals surface area contributed by atoms with E-state index in [-0.39, 0.29) is 11.2 Å². The fourth-order valence-corrected chi connectivity index (χ4v) is 5.60. The molecule has 1 aromatic heterocycles. The minimum Gasteiger partial charge on any atom is -0.238 e. The van der Waals surface area contributed by atoms with Gasteiger partial charge in [-0.2, -0.15) is 0 Å². The van der Waals surface area contributed by atoms with Crippen LogP contribution in [-0.4, -0.2) is 41.0 Å². The normalized spacial score (nSPS) is 24.8. The third-order valence-electron chi connectivity index (χ3n) is 4.60. The lowest BCUT2D eigenvalue weighted by molar-refractivity contribution is 0.459. The van der Waals surface area contributed by atoms with Crippen molar-refractivity contribution in [2.24, 2.45) is 0 Å². The first kappa shape index (κ1) is 14.9. The van der Waals surface area contributed by atoms with E-state index in [0.29, 0.717) is 13.1 Å². The number of hydrogen-bond donors (Lipinski definition) is 0. The monoisotopic (exact) mass is 309 g/mol. The first-order chi connectivity index (χ1) is 9.96. The molecule has 6 heteroatoms. The number of rotatable bonds is 3. The quantitative estimate of drug-likeness (QED) is 0.858. The molecule has 116 valence electrons. The van der Waals surface area contributed by atoms with E-state index in [1.54, 1.807) is 4.31 Å². The Morgan fingerprint density at radius 3 is 2.33 bits per heavy atom. The molecule has 0 bridgehead atoms. The maximum atomic E-state index is 12.6. The van der Waals surface area contributed by atoms with Gasteiger partial charge in [-0.15, -0.1) is 0 Å². The van der Waals surface area contributed by atoms with Gasteiger partial charge in [0.15, 0.2) is 0 Å². The summed E-state index contributed by atoms with van der Waals surface area (Å²) in [5, 5.41) is -0.156. The van der Waals surface area contributed by atoms with Crippen molar-refractivity contribution >= 4 is 10.0 Å². The molecule has 1 aromatic rings. The van der Waals surface area contributed by atoms with E-state index in [1.807, 2.05) is 19.9 Å². The number of aryl methyl sites for hydroxylation is 2. The average molecular weight is 309 g/mol. The summed E-state index contributed by atoms with van der Waals surface area (Å²) in [5.74, 6) is 0.941. The standard InChI is InChI=1S/C15H23N3O2S/c1-11-9-12(2)17-15(16-11)13-7-8-18(10-13)21(19,20)14-5-3-4-6-14/h9,13-14H,3-8,10H2,1-2H3/t13-/m1/s1. The van der Waals surface area contributed by atoms with Gasteiger partial charge in [-0.1, -0.05) is 12.8 Å². The van der Waals surface area contributed by atoms with Crippen LogP contribution in [-0.2, 0) is 10.0 Å². The molecule has 0 radical (unpaired) electrons. The van der Waals surface area contributed by atoms with E-state index in [2.05, 4.69) is 9.97 Å². The highest BCUT2D eigenvalue weighted by Crippen LogP contribution is 2.32. The van der Waals surface area contributed by atoms with Crippen LogP contribution in [0.15, 0.2) is 6.07 Å². The highest BCUT2D eigenvalue weighted by Gasteiger charge is 2.39. The molecule has 2 heterocycles. The molecule has 1 atom stereocenters. The van der Waals surface area contributed by atoms with Gasteiger partial charge in [-0.25, -0.2) is 22.7 Å². The molecule has 2 aliphatic rings. The van der Waals surface area contributed by atoms with Crippen LogP contribution >= 0.6 is 0 Å². The van der Waals surface area contributed by atoms with Crippen LogP contribution in [0.25, 0.3) is 0 Å². The maximum absolute atomic E-state index is 12.6. The molecule has 3 rings (SSSR count). The SMILES string of the molecule is Cc1cc(C)nc([C@@H]2CCN(S(=O)(=O)C3CCCC3)C2)n1. The largest absolute Gasteiger partial charge is 0.238 e. The summed E-state index contributed by atoms with van der Waals surface area (Å²) in [7, 11) is -3.12. The molecule has 1 aliphatic heterocycles. The molecule has 0 aromatic carbocycles. The molecular weight excluding hydrogens is 286 g/mol. The second-order valence-corrected chi connectivity index (χ2v) is 8.52. The molecule has 1 aliphatic carbocycles. The van der Waals surface area contributed by atoms with Crippen molar-refractivity contribution in [2.45, 2.75) is 57.1 Å². The van der Waals surface area contributed by atoms with Crippen molar-refractivity contribution in [1.29, 1.82) is 0 Å². The molecule has 0 amide bonds. The molecule has 1 saturated heterocycles. The zero-order valence-electron chi connectivity index (χ0n) is 12.7. The lowest BCUT2D eigenvalue weighted by Crippen LogP contribution is -2.36. The van der Waals surface area contributed by atoms with Gasteiger partial charge in [0.05, 0.1) is 5.25 Å². The third-order valence-corrected chi connectivity index (χ3v) is 6.96. The van der Waals surface area contributed by atoms with Crippen molar-refractivity contribution < 1.29 is 8.42 Å². The van der Waals surface area contributed by atoms with Crippen LogP contribution in [0.4, 0.5) is 0 Å². The van der Waals surface area contributed by atoms with Crippen LogP contribution in [0.1, 0.15) is 55.2 Å². The number of aromatic nitrogens is 2. The number of hydrogen-bond acceptors (Lipinski definition) is 4. The van der Waals surface area contributed by atoms with Crippen LogP contribution in [0, 0.1) is 13.8 Å². The minimum atomic E-state index is -3.12. The third kappa shape index (κ3) is 2.97. The molecular formula is C15H23N3O2S. The molecule has 0 unspecified atom stereocenters. The molecule has 5 nitrogen and oxygen atoms in total. The van der Waals surface area contributed by atoms with E-state index in [0.717, 1.165) is 49.3 Å². The molecule has 0 spiro atoms. The smallest absolute Gasteiger partial charge is 0.217 e. The van der Waals surface area contributed by atoms with Crippen molar-refractivity contribution in [3.05, 3.63) is 23.3 Å². The molecule has 1 saturated carbocycles. The Labute approximate surface area is 126 Å². The van der Waals surface area contributed by atoms with Crippen molar-refractivity contribution in [3.8, 4) is 0 Å². The second-order valence-electron chi connectivity index (χ2n) is 6.30. The number of sulfonamides is 1. The van der Waals surface area contributed by atoms with E-state index >= 15 is 0 Å². The fraction of sp³-hybridized carbons (Fsp3) is 0.733. The van der Waals surface area contributed by atoms with Crippen LogP contribution in [0.5, 0.6) is 0 Å². The summed E-state index contributed by atoms with van der Waals surface area (Å²) in [6, 6.07) is 1.95. The lowest BCUT2D eigenvalue weighted by Gasteiger charge is -2.20. The Morgan fingerprint density at radius 1 is 1.10 bits per heavy atom. The lowest BCUT2D eigenvalue weighted by atomic mass is 10.1. The van der Waals surface area contributed by atoms with Gasteiger partial charge in [0.2, 0.25) is 10.0 Å². The molecule has 0 N–H and O–H groups in total. The Balaban J connectivity index is 1.76. The summed E-state index contributed by atoms with van der Waals surface area (Å²) in [5.41, 5.74) is 1.91. The van der Waals surface area contributed by atoms with E-state index in [4.69, 9.17) is 0 Å². The summed E-state index contributed by atoms with van der Waals surface area (Å²) < 4.78 is 26.9. The zero-order valence-corrected chi connectivity index (χ0v) is 13.6. The summed E-state index contributed by atoms with van der Waals surface area (Å²) in [6.07, 6.45) is 4.56. The Hall–Kier alpha value is -1.01. The fourth-order valence-electron chi connectivity index (χ4n) is 3.50. The molecule has 21 heavy (non-hydrogen) atoms. The average Bonchev–Trinajstić information content (AvgIpc) is 3.10. The first-order valence-corrected chi connectivity index (χ1v) is 9.28. The van der Waals surface area contributed by atoms with Crippen molar-refractivity contribution in [2.75, 3.05) is 13.1 Å². The maximum Gasteiger partial charge on any atom is 0.217 e. The Morgan fingerprint density at radius 2 is 1.71 bits per heavy atom. The predicted molar refractivity (Wildman–Crippen MR) is 81.6 cm³/mol. The zero-order chi connectivity index (χ0) is 15.0. The topological polar surface area (TPSA) is 63.2 Å². The van der Waals surface area contributed by atoms with Gasteiger partial charge < -0.3 is 0 Å². The Kier molecular flexibility index (Phi) is 4.01. The summed E-state index contributed by atoms with van der Waals surface area (Å²) in [4.78, 5) is 8.99. The molecule has 2 fully saturated rings. The van der Waals surface area contributed by atoms with Crippen molar-refractivity contribution in [3.63, 3.8) is 0 Å². The minimum absolute atomic E-state index is 0.139. The van der Waals surface area contributed by atoms with Crippen LogP contribution in [0.2, 0.25) is 0 Å². The van der Waals surface area contributed by atoms with E-state index in [1.165, 1.54) is 0 Å². The highest BCUT2D eigenvalue weighted by molar-refractivity contribution is 7.89.